The van der Waals surface area contributed by atoms with Gasteiger partial charge in [0.1, 0.15) is 11.8 Å². The van der Waals surface area contributed by atoms with Crippen LogP contribution >= 0.6 is 0 Å². The summed E-state index contributed by atoms with van der Waals surface area (Å²) in [5, 5.41) is 14.3. The van der Waals surface area contributed by atoms with Gasteiger partial charge in [-0.2, -0.15) is 0 Å². The minimum absolute atomic E-state index is 0.159. The summed E-state index contributed by atoms with van der Waals surface area (Å²) in [4.78, 5) is 21.8. The lowest BCUT2D eigenvalue weighted by molar-refractivity contribution is -0.141. The standard InChI is InChI=1S/C13H18N2O4/c1-9(16)15-12(13(17)18)8-14-7-10-4-3-5-11(6-10)19-2/h3-6,12,14H,7-8H2,1-2H3,(H,15,16)(H,17,18). The fourth-order valence-corrected chi connectivity index (χ4v) is 1.59. The average Bonchev–Trinajstić information content (AvgIpc) is 2.37. The Morgan fingerprint density at radius 3 is 2.74 bits per heavy atom. The number of carboxylic acid groups (broad SMARTS) is 1. The van der Waals surface area contributed by atoms with Crippen molar-refractivity contribution in [1.29, 1.82) is 0 Å². The smallest absolute Gasteiger partial charge is 0.327 e. The van der Waals surface area contributed by atoms with Gasteiger partial charge in [-0.1, -0.05) is 12.1 Å². The number of hydrogen-bond donors (Lipinski definition) is 3. The van der Waals surface area contributed by atoms with Crippen molar-refractivity contribution in [3.63, 3.8) is 0 Å². The number of methoxy groups -OCH3 is 1. The summed E-state index contributed by atoms with van der Waals surface area (Å²) >= 11 is 0. The van der Waals surface area contributed by atoms with Crippen molar-refractivity contribution in [3.05, 3.63) is 29.8 Å². The topological polar surface area (TPSA) is 87.7 Å². The van der Waals surface area contributed by atoms with Crippen molar-refractivity contribution in [2.24, 2.45) is 0 Å². The third-order valence-corrected chi connectivity index (χ3v) is 2.49. The maximum absolute atomic E-state index is 10.9. The largest absolute Gasteiger partial charge is 0.497 e. The molecule has 0 aromatic heterocycles. The highest BCUT2D eigenvalue weighted by atomic mass is 16.5. The van der Waals surface area contributed by atoms with Crippen molar-refractivity contribution in [2.45, 2.75) is 19.5 Å². The van der Waals surface area contributed by atoms with E-state index in [1.165, 1.54) is 6.92 Å². The van der Waals surface area contributed by atoms with Gasteiger partial charge in [0, 0.05) is 20.0 Å². The summed E-state index contributed by atoms with van der Waals surface area (Å²) in [5.74, 6) is -0.681. The van der Waals surface area contributed by atoms with Gasteiger partial charge in [0.15, 0.2) is 0 Å². The van der Waals surface area contributed by atoms with E-state index in [1.807, 2.05) is 24.3 Å². The van der Waals surface area contributed by atoms with Gasteiger partial charge in [-0.3, -0.25) is 4.79 Å². The molecule has 6 heteroatoms. The van der Waals surface area contributed by atoms with Gasteiger partial charge in [-0.25, -0.2) is 4.79 Å². The number of carbonyl (C=O) groups is 2. The number of carboxylic acids is 1. The fourth-order valence-electron chi connectivity index (χ4n) is 1.59. The molecule has 0 fully saturated rings. The number of nitrogens with one attached hydrogen (secondary N) is 2. The first kappa shape index (κ1) is 15.0. The predicted octanol–water partition coefficient (Wildman–Crippen LogP) is 0.374. The number of amides is 1. The van der Waals surface area contributed by atoms with Crippen LogP contribution < -0.4 is 15.4 Å². The second kappa shape index (κ2) is 7.38. The zero-order valence-corrected chi connectivity index (χ0v) is 11.0. The Morgan fingerprint density at radius 1 is 1.42 bits per heavy atom. The van der Waals surface area contributed by atoms with Crippen molar-refractivity contribution >= 4 is 11.9 Å². The summed E-state index contributed by atoms with van der Waals surface area (Å²) in [6.07, 6.45) is 0. The van der Waals surface area contributed by atoms with Crippen molar-refractivity contribution < 1.29 is 19.4 Å². The van der Waals surface area contributed by atoms with Crippen LogP contribution in [0, 0.1) is 0 Å². The molecule has 0 aliphatic heterocycles. The van der Waals surface area contributed by atoms with Gasteiger partial charge in [0.2, 0.25) is 5.91 Å². The summed E-state index contributed by atoms with van der Waals surface area (Å²) in [5.41, 5.74) is 0.978. The lowest BCUT2D eigenvalue weighted by atomic mass is 10.2. The van der Waals surface area contributed by atoms with Crippen LogP contribution in [0.3, 0.4) is 0 Å². The Labute approximate surface area is 111 Å². The Hall–Kier alpha value is -2.08. The number of rotatable bonds is 7. The summed E-state index contributed by atoms with van der Waals surface area (Å²) in [6.45, 7) is 1.95. The first-order chi connectivity index (χ1) is 9.02. The van der Waals surface area contributed by atoms with Crippen LogP contribution in [0.2, 0.25) is 0 Å². The first-order valence-electron chi connectivity index (χ1n) is 5.86. The van der Waals surface area contributed by atoms with E-state index >= 15 is 0 Å². The van der Waals surface area contributed by atoms with Gasteiger partial charge < -0.3 is 20.5 Å². The summed E-state index contributed by atoms with van der Waals surface area (Å²) in [6, 6.07) is 6.53. The molecular formula is C13H18N2O4. The fraction of sp³-hybridized carbons (Fsp3) is 0.385. The molecule has 1 amide bonds. The highest BCUT2D eigenvalue weighted by Gasteiger charge is 2.17. The van der Waals surface area contributed by atoms with Gasteiger partial charge in [0.25, 0.3) is 0 Å². The zero-order chi connectivity index (χ0) is 14.3. The van der Waals surface area contributed by atoms with Gasteiger partial charge in [-0.05, 0) is 17.7 Å². The van der Waals surface area contributed by atoms with Crippen molar-refractivity contribution in [3.8, 4) is 5.75 Å². The normalized spacial score (nSPS) is 11.7. The Bertz CT molecular complexity index is 448. The monoisotopic (exact) mass is 266 g/mol. The molecule has 1 rings (SSSR count). The maximum atomic E-state index is 10.9. The molecule has 0 aliphatic carbocycles. The van der Waals surface area contributed by atoms with E-state index < -0.39 is 12.0 Å². The SMILES string of the molecule is COc1cccc(CNCC(NC(C)=O)C(=O)O)c1. The number of hydrogen-bond acceptors (Lipinski definition) is 4. The molecule has 6 nitrogen and oxygen atoms in total. The first-order valence-corrected chi connectivity index (χ1v) is 5.86. The predicted molar refractivity (Wildman–Crippen MR) is 69.9 cm³/mol. The van der Waals surface area contributed by atoms with Crippen LogP contribution in [-0.4, -0.2) is 36.7 Å². The second-order valence-electron chi connectivity index (χ2n) is 4.07. The molecule has 1 atom stereocenters. The van der Waals surface area contributed by atoms with E-state index in [-0.39, 0.29) is 12.5 Å². The van der Waals surface area contributed by atoms with Crippen LogP contribution in [-0.2, 0) is 16.1 Å². The number of benzene rings is 1. The Kier molecular flexibility index (Phi) is 5.81. The van der Waals surface area contributed by atoms with Crippen LogP contribution in [0.5, 0.6) is 5.75 Å². The summed E-state index contributed by atoms with van der Waals surface area (Å²) in [7, 11) is 1.59. The number of aliphatic carboxylic acids is 1. The Balaban J connectivity index is 2.47. The second-order valence-corrected chi connectivity index (χ2v) is 4.07. The van der Waals surface area contributed by atoms with Gasteiger partial charge in [0.05, 0.1) is 7.11 Å². The van der Waals surface area contributed by atoms with Crippen LogP contribution in [0.4, 0.5) is 0 Å². The highest BCUT2D eigenvalue weighted by molar-refractivity contribution is 5.82. The quantitative estimate of drug-likeness (QED) is 0.664. The molecule has 0 aliphatic rings. The molecule has 1 unspecified atom stereocenters. The van der Waals surface area contributed by atoms with E-state index in [0.717, 1.165) is 11.3 Å². The lowest BCUT2D eigenvalue weighted by Gasteiger charge is -2.14. The molecule has 104 valence electrons. The van der Waals surface area contributed by atoms with E-state index in [2.05, 4.69) is 10.6 Å². The highest BCUT2D eigenvalue weighted by Crippen LogP contribution is 2.11. The molecule has 1 aromatic rings. The number of carbonyl (C=O) groups excluding carboxylic acids is 1. The molecule has 0 bridgehead atoms. The van der Waals surface area contributed by atoms with E-state index in [0.29, 0.717) is 6.54 Å². The van der Waals surface area contributed by atoms with E-state index in [1.54, 1.807) is 7.11 Å². The van der Waals surface area contributed by atoms with Gasteiger partial charge >= 0.3 is 5.97 Å². The van der Waals surface area contributed by atoms with E-state index in [4.69, 9.17) is 9.84 Å². The molecule has 1 aromatic carbocycles. The van der Waals surface area contributed by atoms with Crippen molar-refractivity contribution in [1.82, 2.24) is 10.6 Å². The molecule has 0 saturated carbocycles. The molecular weight excluding hydrogens is 248 g/mol. The molecule has 0 spiro atoms. The third kappa shape index (κ3) is 5.39. The van der Waals surface area contributed by atoms with Crippen LogP contribution in [0.15, 0.2) is 24.3 Å². The molecule has 3 N–H and O–H groups in total. The number of ether oxygens (including phenoxy) is 1. The molecule has 0 saturated heterocycles. The third-order valence-electron chi connectivity index (χ3n) is 2.49. The summed E-state index contributed by atoms with van der Waals surface area (Å²) < 4.78 is 5.09. The lowest BCUT2D eigenvalue weighted by Crippen LogP contribution is -2.46. The van der Waals surface area contributed by atoms with E-state index in [9.17, 15) is 9.59 Å². The minimum atomic E-state index is -1.06. The van der Waals surface area contributed by atoms with Crippen LogP contribution in [0.25, 0.3) is 0 Å². The maximum Gasteiger partial charge on any atom is 0.327 e. The average molecular weight is 266 g/mol. The molecule has 0 heterocycles. The van der Waals surface area contributed by atoms with Crippen LogP contribution in [0.1, 0.15) is 12.5 Å². The Morgan fingerprint density at radius 2 is 2.16 bits per heavy atom. The zero-order valence-electron chi connectivity index (χ0n) is 11.0. The minimum Gasteiger partial charge on any atom is -0.497 e. The molecule has 0 radical (unpaired) electrons. The molecule has 19 heavy (non-hydrogen) atoms. The van der Waals surface area contributed by atoms with Gasteiger partial charge in [-0.15, -0.1) is 0 Å². The van der Waals surface area contributed by atoms with Crippen molar-refractivity contribution in [2.75, 3.05) is 13.7 Å².